The Kier molecular flexibility index (Phi) is 6.79. The van der Waals surface area contributed by atoms with E-state index in [1.54, 1.807) is 14.2 Å². The summed E-state index contributed by atoms with van der Waals surface area (Å²) in [6.07, 6.45) is -0.431. The van der Waals surface area contributed by atoms with Gasteiger partial charge in [0.15, 0.2) is 11.5 Å². The lowest BCUT2D eigenvalue weighted by atomic mass is 10.0. The van der Waals surface area contributed by atoms with Crippen molar-refractivity contribution in [2.75, 3.05) is 25.7 Å². The molecule has 1 atom stereocenters. The molecule has 172 valence electrons. The molecule has 2 aromatic carbocycles. The quantitative estimate of drug-likeness (QED) is 0.552. The van der Waals surface area contributed by atoms with E-state index in [0.29, 0.717) is 42.6 Å². The minimum absolute atomic E-state index is 0.174. The van der Waals surface area contributed by atoms with E-state index in [1.165, 1.54) is 0 Å². The van der Waals surface area contributed by atoms with Crippen molar-refractivity contribution in [3.05, 3.63) is 82.5 Å². The average Bonchev–Trinajstić information content (AvgIpc) is 2.82. The van der Waals surface area contributed by atoms with E-state index in [1.807, 2.05) is 56.3 Å². The van der Waals surface area contributed by atoms with Crippen LogP contribution in [0.2, 0.25) is 0 Å². The molecule has 1 aliphatic heterocycles. The largest absolute Gasteiger partial charge is 0.493 e. The first-order chi connectivity index (χ1) is 16.0. The van der Waals surface area contributed by atoms with E-state index < -0.39 is 6.17 Å². The maximum Gasteiger partial charge on any atom is 0.257 e. The number of pyridine rings is 1. The smallest absolute Gasteiger partial charge is 0.257 e. The molecule has 1 aliphatic rings. The van der Waals surface area contributed by atoms with Crippen molar-refractivity contribution in [1.29, 1.82) is 0 Å². The van der Waals surface area contributed by atoms with Gasteiger partial charge in [0.25, 0.3) is 5.91 Å². The first-order valence-electron chi connectivity index (χ1n) is 11.0. The summed E-state index contributed by atoms with van der Waals surface area (Å²) >= 11 is 0. The van der Waals surface area contributed by atoms with E-state index >= 15 is 0 Å². The van der Waals surface area contributed by atoms with Crippen LogP contribution in [0.15, 0.2) is 54.6 Å². The maximum atomic E-state index is 13.3. The van der Waals surface area contributed by atoms with Gasteiger partial charge < -0.3 is 24.4 Å². The fourth-order valence-corrected chi connectivity index (χ4v) is 4.18. The molecule has 7 heteroatoms. The lowest BCUT2D eigenvalue weighted by Crippen LogP contribution is -2.47. The lowest BCUT2D eigenvalue weighted by molar-refractivity contribution is 0.0919. The van der Waals surface area contributed by atoms with Crippen molar-refractivity contribution in [1.82, 2.24) is 10.3 Å². The van der Waals surface area contributed by atoms with Crippen LogP contribution in [0.1, 0.15) is 45.8 Å². The fourth-order valence-electron chi connectivity index (χ4n) is 4.18. The molecule has 7 nitrogen and oxygen atoms in total. The van der Waals surface area contributed by atoms with Crippen molar-refractivity contribution >= 4 is 11.7 Å². The first kappa shape index (κ1) is 22.6. The van der Waals surface area contributed by atoms with Crippen LogP contribution >= 0.6 is 0 Å². The molecule has 3 aromatic rings. The van der Waals surface area contributed by atoms with Crippen LogP contribution in [-0.2, 0) is 17.9 Å². The summed E-state index contributed by atoms with van der Waals surface area (Å²) in [5.41, 5.74) is 4.18. The highest BCUT2D eigenvalue weighted by molar-refractivity contribution is 6.02. The van der Waals surface area contributed by atoms with E-state index in [0.717, 1.165) is 22.4 Å². The van der Waals surface area contributed by atoms with Crippen LogP contribution in [0.25, 0.3) is 0 Å². The lowest BCUT2D eigenvalue weighted by Gasteiger charge is -2.39. The number of carbonyl (C=O) groups is 1. The van der Waals surface area contributed by atoms with Gasteiger partial charge >= 0.3 is 0 Å². The van der Waals surface area contributed by atoms with Gasteiger partial charge in [-0.1, -0.05) is 36.4 Å². The highest BCUT2D eigenvalue weighted by Gasteiger charge is 2.35. The maximum absolute atomic E-state index is 13.3. The number of hydrogen-bond acceptors (Lipinski definition) is 6. The summed E-state index contributed by atoms with van der Waals surface area (Å²) in [4.78, 5) is 20.2. The third-order valence-electron chi connectivity index (χ3n) is 5.59. The Morgan fingerprint density at radius 2 is 1.85 bits per heavy atom. The number of rotatable bonds is 8. The highest BCUT2D eigenvalue weighted by Crippen LogP contribution is 2.38. The van der Waals surface area contributed by atoms with Crippen LogP contribution in [0.4, 0.5) is 5.82 Å². The SMILES string of the molecule is CCOc1ccc([C@@H]2NC(=O)c3c(COC)cc(C)nc3N2Cc2ccccc2)cc1OC. The van der Waals surface area contributed by atoms with Crippen molar-refractivity contribution in [3.8, 4) is 11.5 Å². The van der Waals surface area contributed by atoms with E-state index in [-0.39, 0.29) is 5.91 Å². The number of carbonyl (C=O) groups excluding carboxylic acids is 1. The van der Waals surface area contributed by atoms with Gasteiger partial charge in [0.1, 0.15) is 12.0 Å². The second-order valence-corrected chi connectivity index (χ2v) is 7.89. The van der Waals surface area contributed by atoms with Gasteiger partial charge in [-0.25, -0.2) is 4.98 Å². The number of aromatic nitrogens is 1. The van der Waals surface area contributed by atoms with Crippen LogP contribution in [0, 0.1) is 6.92 Å². The Morgan fingerprint density at radius 3 is 2.55 bits per heavy atom. The number of anilines is 1. The third kappa shape index (κ3) is 4.64. The van der Waals surface area contributed by atoms with Crippen molar-refractivity contribution < 1.29 is 19.0 Å². The van der Waals surface area contributed by atoms with Crippen molar-refractivity contribution in [3.63, 3.8) is 0 Å². The number of nitrogens with one attached hydrogen (secondary N) is 1. The molecule has 0 spiro atoms. The van der Waals surface area contributed by atoms with Gasteiger partial charge in [0.2, 0.25) is 0 Å². The topological polar surface area (TPSA) is 72.9 Å². The second kappa shape index (κ2) is 9.92. The Balaban J connectivity index is 1.84. The molecule has 1 aromatic heterocycles. The zero-order chi connectivity index (χ0) is 23.4. The number of methoxy groups -OCH3 is 2. The van der Waals surface area contributed by atoms with Gasteiger partial charge in [-0.15, -0.1) is 0 Å². The van der Waals surface area contributed by atoms with Gasteiger partial charge in [0, 0.05) is 19.3 Å². The number of hydrogen-bond donors (Lipinski definition) is 1. The number of aryl methyl sites for hydroxylation is 1. The van der Waals surface area contributed by atoms with Crippen LogP contribution in [0.3, 0.4) is 0 Å². The highest BCUT2D eigenvalue weighted by atomic mass is 16.5. The number of benzene rings is 2. The van der Waals surface area contributed by atoms with Crippen molar-refractivity contribution in [2.24, 2.45) is 0 Å². The van der Waals surface area contributed by atoms with Gasteiger partial charge in [-0.2, -0.15) is 0 Å². The minimum Gasteiger partial charge on any atom is -0.493 e. The number of ether oxygens (including phenoxy) is 3. The molecule has 0 unspecified atom stereocenters. The molecule has 2 heterocycles. The van der Waals surface area contributed by atoms with Crippen LogP contribution in [-0.4, -0.2) is 31.7 Å². The number of fused-ring (bicyclic) bond motifs is 1. The summed E-state index contributed by atoms with van der Waals surface area (Å²) < 4.78 is 16.6. The van der Waals surface area contributed by atoms with Gasteiger partial charge in [-0.05, 0) is 48.7 Å². The molecular formula is C26H29N3O4. The Bertz CT molecular complexity index is 1130. The Morgan fingerprint density at radius 1 is 1.06 bits per heavy atom. The fraction of sp³-hybridized carbons (Fsp3) is 0.308. The van der Waals surface area contributed by atoms with Gasteiger partial charge in [-0.3, -0.25) is 4.79 Å². The monoisotopic (exact) mass is 447 g/mol. The van der Waals surface area contributed by atoms with E-state index in [2.05, 4.69) is 22.3 Å². The zero-order valence-electron chi connectivity index (χ0n) is 19.4. The van der Waals surface area contributed by atoms with Crippen LogP contribution < -0.4 is 19.7 Å². The van der Waals surface area contributed by atoms with Crippen LogP contribution in [0.5, 0.6) is 11.5 Å². The molecule has 0 saturated carbocycles. The third-order valence-corrected chi connectivity index (χ3v) is 5.59. The summed E-state index contributed by atoms with van der Waals surface area (Å²) in [6, 6.07) is 17.8. The molecule has 4 rings (SSSR count). The molecule has 0 bridgehead atoms. The molecule has 1 amide bonds. The summed E-state index contributed by atoms with van der Waals surface area (Å²) in [6.45, 7) is 5.30. The molecular weight excluding hydrogens is 418 g/mol. The zero-order valence-corrected chi connectivity index (χ0v) is 19.4. The van der Waals surface area contributed by atoms with E-state index in [9.17, 15) is 4.79 Å². The normalized spacial score (nSPS) is 15.1. The summed E-state index contributed by atoms with van der Waals surface area (Å²) in [5.74, 6) is 1.75. The standard InChI is InChI=1S/C26H29N3O4/c1-5-33-21-12-11-19(14-22(21)32-4)24-28-26(30)23-20(16-31-3)13-17(2)27-25(23)29(24)15-18-9-7-6-8-10-18/h6-14,24H,5,15-16H2,1-4H3,(H,28,30)/t24-/m1/s1. The first-order valence-corrected chi connectivity index (χ1v) is 11.0. The predicted octanol–water partition coefficient (Wildman–Crippen LogP) is 4.39. The molecule has 0 saturated heterocycles. The molecule has 0 radical (unpaired) electrons. The number of nitrogens with zero attached hydrogens (tertiary/aromatic N) is 2. The molecule has 1 N–H and O–H groups in total. The predicted molar refractivity (Wildman–Crippen MR) is 127 cm³/mol. The Hall–Kier alpha value is -3.58. The second-order valence-electron chi connectivity index (χ2n) is 7.89. The Labute approximate surface area is 194 Å². The molecule has 0 fully saturated rings. The van der Waals surface area contributed by atoms with Crippen molar-refractivity contribution in [2.45, 2.75) is 33.2 Å². The molecule has 0 aliphatic carbocycles. The average molecular weight is 448 g/mol. The van der Waals surface area contributed by atoms with Gasteiger partial charge in [0.05, 0.1) is 25.9 Å². The summed E-state index contributed by atoms with van der Waals surface area (Å²) in [5, 5.41) is 3.18. The molecule has 33 heavy (non-hydrogen) atoms. The minimum atomic E-state index is -0.431. The number of amides is 1. The van der Waals surface area contributed by atoms with E-state index in [4.69, 9.17) is 19.2 Å². The summed E-state index contributed by atoms with van der Waals surface area (Å²) in [7, 11) is 3.24.